The number of rotatable bonds is 14. The second kappa shape index (κ2) is 21.8. The fourth-order valence-corrected chi connectivity index (χ4v) is 13.3. The van der Waals surface area contributed by atoms with Crippen molar-refractivity contribution in [3.8, 4) is 28.0 Å². The molecule has 0 bridgehead atoms. The molecule has 0 unspecified atom stereocenters. The maximum atomic E-state index is 13.7. The van der Waals surface area contributed by atoms with Crippen LogP contribution in [0.4, 0.5) is 34.5 Å². The minimum atomic E-state index is -2.70. The highest BCUT2D eigenvalue weighted by atomic mass is 79.9. The number of imide groups is 1. The molecule has 7 heterocycles. The van der Waals surface area contributed by atoms with E-state index in [-0.39, 0.29) is 24.1 Å². The number of methoxy groups -OCH3 is 1. The average Bonchev–Trinajstić information content (AvgIpc) is 4.02. The predicted molar refractivity (Wildman–Crippen MR) is 303 cm³/mol. The molecule has 11 rings (SSSR count). The number of aryl methyl sites for hydroxylation is 1. The van der Waals surface area contributed by atoms with Gasteiger partial charge in [0.2, 0.25) is 17.8 Å². The Bertz CT molecular complexity index is 3200. The molecule has 6 aromatic rings. The number of anilines is 6. The molecule has 396 valence electrons. The van der Waals surface area contributed by atoms with Crippen LogP contribution in [0, 0.1) is 5.92 Å². The monoisotopic (exact) mass is 1110 g/mol. The molecule has 1 atom stereocenters. The van der Waals surface area contributed by atoms with Gasteiger partial charge < -0.3 is 39.5 Å². The molecule has 0 spiro atoms. The van der Waals surface area contributed by atoms with E-state index >= 15 is 0 Å². The third kappa shape index (κ3) is 11.0. The van der Waals surface area contributed by atoms with Crippen molar-refractivity contribution in [3.63, 3.8) is 0 Å². The van der Waals surface area contributed by atoms with Crippen LogP contribution in [0.15, 0.2) is 102 Å². The van der Waals surface area contributed by atoms with Crippen LogP contribution in [0.5, 0.6) is 5.75 Å². The van der Waals surface area contributed by atoms with Crippen LogP contribution in [0.25, 0.3) is 22.3 Å². The quantitative estimate of drug-likeness (QED) is 0.0702. The zero-order chi connectivity index (χ0) is 52.7. The van der Waals surface area contributed by atoms with Gasteiger partial charge in [-0.25, -0.2) is 4.98 Å². The van der Waals surface area contributed by atoms with Crippen LogP contribution >= 0.6 is 23.1 Å². The van der Waals surface area contributed by atoms with Gasteiger partial charge in [-0.2, -0.15) is 10.1 Å². The number of halogens is 1. The average molecular weight is 1110 g/mol. The van der Waals surface area contributed by atoms with E-state index in [4.69, 9.17) is 9.72 Å². The lowest BCUT2D eigenvalue weighted by molar-refractivity contribution is -0.136. The van der Waals surface area contributed by atoms with Gasteiger partial charge in [0.1, 0.15) is 24.8 Å². The smallest absolute Gasteiger partial charge is 0.255 e. The predicted octanol–water partition coefficient (Wildman–Crippen LogP) is 8.31. The first-order valence-corrected chi connectivity index (χ1v) is 29.9. The first-order valence-electron chi connectivity index (χ1n) is 26.5. The van der Waals surface area contributed by atoms with E-state index in [0.29, 0.717) is 58.2 Å². The molecule has 4 fully saturated rings. The summed E-state index contributed by atoms with van der Waals surface area (Å²) in [4.78, 5) is 59.0. The molecule has 0 saturated carbocycles. The number of nitrogens with zero attached hydrogens (tertiary/aromatic N) is 9. The van der Waals surface area contributed by atoms with E-state index in [9.17, 15) is 18.9 Å². The van der Waals surface area contributed by atoms with Crippen LogP contribution in [0.3, 0.4) is 0 Å². The Morgan fingerprint density at radius 1 is 0.776 bits per heavy atom. The third-order valence-corrected chi connectivity index (χ3v) is 18.1. The van der Waals surface area contributed by atoms with Crippen molar-refractivity contribution in [2.24, 2.45) is 13.0 Å². The maximum Gasteiger partial charge on any atom is 0.255 e. The second-order valence-electron chi connectivity index (χ2n) is 21.3. The first-order chi connectivity index (χ1) is 36.7. The van der Waals surface area contributed by atoms with E-state index < -0.39 is 13.2 Å². The molecule has 76 heavy (non-hydrogen) atoms. The molecule has 3 N–H and O–H groups in total. The molecule has 19 heteroatoms. The molecule has 5 aliphatic rings. The lowest BCUT2D eigenvalue weighted by Gasteiger charge is -2.44. The summed E-state index contributed by atoms with van der Waals surface area (Å²) in [5, 5.41) is 14.6. The van der Waals surface area contributed by atoms with E-state index in [1.165, 1.54) is 0 Å². The Balaban J connectivity index is 0.696. The van der Waals surface area contributed by atoms with Crippen molar-refractivity contribution in [1.29, 1.82) is 0 Å². The van der Waals surface area contributed by atoms with Gasteiger partial charge in [-0.15, -0.1) is 0 Å². The van der Waals surface area contributed by atoms with Gasteiger partial charge in [0.25, 0.3) is 5.91 Å². The normalized spacial score (nSPS) is 19.2. The lowest BCUT2D eigenvalue weighted by Crippen LogP contribution is -2.54. The molecule has 4 aromatic carbocycles. The minimum Gasteiger partial charge on any atom is -0.494 e. The largest absolute Gasteiger partial charge is 0.494 e. The number of nitrogens with one attached hydrogen (secondary N) is 3. The third-order valence-electron chi connectivity index (χ3n) is 16.0. The van der Waals surface area contributed by atoms with Crippen LogP contribution in [-0.4, -0.2) is 144 Å². The summed E-state index contributed by atoms with van der Waals surface area (Å²) in [5.41, 5.74) is 9.37. The molecule has 3 amide bonds. The van der Waals surface area contributed by atoms with Crippen molar-refractivity contribution >= 4 is 80.6 Å². The second-order valence-corrected chi connectivity index (χ2v) is 25.3. The number of piperidine rings is 3. The fraction of sp³-hybridized carbons (Fsp3) is 0.404. The van der Waals surface area contributed by atoms with Gasteiger partial charge in [-0.05, 0) is 120 Å². The number of piperazine rings is 1. The Morgan fingerprint density at radius 2 is 1.54 bits per heavy atom. The number of hydrogen-bond donors (Lipinski definition) is 3. The number of amides is 3. The van der Waals surface area contributed by atoms with Gasteiger partial charge in [-0.1, -0.05) is 36.4 Å². The highest BCUT2D eigenvalue weighted by Gasteiger charge is 2.40. The van der Waals surface area contributed by atoms with Crippen LogP contribution in [0.1, 0.15) is 54.4 Å². The van der Waals surface area contributed by atoms with Crippen molar-refractivity contribution in [1.82, 2.24) is 39.8 Å². The molecule has 4 saturated heterocycles. The zero-order valence-corrected chi connectivity index (χ0v) is 46.2. The Kier molecular flexibility index (Phi) is 14.8. The fourth-order valence-electron chi connectivity index (χ4n) is 11.8. The standard InChI is InChI=1S/C57H66BrN12O5P/c1-65-35-41(32-60-65)45-30-48(62-57-59-33-46(58)54(64-57)61-47-13-10-39(29-52(47)76(3,4)74)38-8-6-5-7-9-38)51(75-2)31-50(45)69-22-18-42(19-23-69)68-26-24-66(25-27-68)34-37-16-20-67(21-17-37)43-11-12-44-40(28-43)36-70(56(44)73)49-14-15-53(71)63-55(49)72/h5-13,28-33,35,37,42,49H,14-27,34,36H2,1-4H3,(H,63,71,72)(H2,59,61,62,64)/t49-/m1/s1. The highest BCUT2D eigenvalue weighted by molar-refractivity contribution is 9.10. The summed E-state index contributed by atoms with van der Waals surface area (Å²) >= 11 is 3.65. The minimum absolute atomic E-state index is 0.128. The summed E-state index contributed by atoms with van der Waals surface area (Å²) in [7, 11) is 0.921. The molecule has 2 aromatic heterocycles. The summed E-state index contributed by atoms with van der Waals surface area (Å²) < 4.78 is 22.3. The maximum absolute atomic E-state index is 13.7. The van der Waals surface area contributed by atoms with E-state index in [0.717, 1.165) is 135 Å². The van der Waals surface area contributed by atoms with Crippen LogP contribution < -0.4 is 35.8 Å². The number of carbonyl (C=O) groups is 3. The number of ether oxygens (including phenoxy) is 1. The van der Waals surface area contributed by atoms with Gasteiger partial charge in [-0.3, -0.25) is 29.3 Å². The summed E-state index contributed by atoms with van der Waals surface area (Å²) in [6.07, 6.45) is 10.7. The lowest BCUT2D eigenvalue weighted by atomic mass is 9.95. The number of aromatic nitrogens is 4. The molecule has 0 aliphatic carbocycles. The highest BCUT2D eigenvalue weighted by Crippen LogP contribution is 2.43. The Hall–Kier alpha value is -6.59. The molecule has 5 aliphatic heterocycles. The molecule has 0 radical (unpaired) electrons. The van der Waals surface area contributed by atoms with Crippen LogP contribution in [-0.2, 0) is 27.7 Å². The van der Waals surface area contributed by atoms with Crippen molar-refractivity contribution in [2.75, 3.05) is 99.8 Å². The van der Waals surface area contributed by atoms with Crippen molar-refractivity contribution < 1.29 is 23.7 Å². The molecule has 17 nitrogen and oxygen atoms in total. The van der Waals surface area contributed by atoms with Crippen LogP contribution in [0.2, 0.25) is 0 Å². The van der Waals surface area contributed by atoms with Gasteiger partial charge >= 0.3 is 0 Å². The number of benzene rings is 4. The SMILES string of the molecule is COc1cc(N2CCC(N3CCN(CC4CCN(c5ccc6c(c5)CN([C@@H]5CCC(=O)NC5=O)C6=O)CC4)CC3)CC2)c(-c2cnn(C)c2)cc1Nc1ncc(Br)c(Nc2ccc(-c3ccccc3)cc2P(C)(C)=O)n1. The van der Waals surface area contributed by atoms with E-state index in [2.05, 4.69) is 98.0 Å². The van der Waals surface area contributed by atoms with Gasteiger partial charge in [0.05, 0.1) is 29.2 Å². The first kappa shape index (κ1) is 51.5. The number of fused-ring (bicyclic) bond motifs is 1. The molecular weight excluding hydrogens is 1040 g/mol. The van der Waals surface area contributed by atoms with Crippen molar-refractivity contribution in [2.45, 2.75) is 57.2 Å². The van der Waals surface area contributed by atoms with Gasteiger partial charge in [0, 0.05) is 137 Å². The summed E-state index contributed by atoms with van der Waals surface area (Å²) in [5.74, 6) is 1.44. The van der Waals surface area contributed by atoms with Crippen molar-refractivity contribution in [3.05, 3.63) is 113 Å². The zero-order valence-electron chi connectivity index (χ0n) is 43.7. The number of carbonyl (C=O) groups excluding carboxylic acids is 3. The molecular formula is C57H66BrN12O5P. The number of hydrogen-bond acceptors (Lipinski definition) is 14. The van der Waals surface area contributed by atoms with E-state index in [1.54, 1.807) is 31.5 Å². The summed E-state index contributed by atoms with van der Waals surface area (Å²) in [6.45, 7) is 13.2. The van der Waals surface area contributed by atoms with Gasteiger partial charge in [0.15, 0.2) is 0 Å². The Labute approximate surface area is 452 Å². The van der Waals surface area contributed by atoms with E-state index in [1.807, 2.05) is 66.6 Å². The summed E-state index contributed by atoms with van der Waals surface area (Å²) in [6, 6.07) is 26.4. The Morgan fingerprint density at radius 3 is 2.25 bits per heavy atom. The topological polar surface area (TPSA) is 173 Å².